The lowest BCUT2D eigenvalue weighted by Gasteiger charge is -2.22. The number of hydrogen-bond donors (Lipinski definition) is 2. The van der Waals surface area contributed by atoms with Gasteiger partial charge in [0.05, 0.1) is 0 Å². The summed E-state index contributed by atoms with van der Waals surface area (Å²) < 4.78 is 0. The van der Waals surface area contributed by atoms with Crippen molar-refractivity contribution < 1.29 is 9.90 Å². The van der Waals surface area contributed by atoms with Crippen molar-refractivity contribution in [1.29, 1.82) is 0 Å². The van der Waals surface area contributed by atoms with Crippen LogP contribution in [0.3, 0.4) is 0 Å². The van der Waals surface area contributed by atoms with Gasteiger partial charge in [0.25, 0.3) is 0 Å². The van der Waals surface area contributed by atoms with E-state index >= 15 is 0 Å². The topological polar surface area (TPSA) is 66.6 Å². The molecule has 0 radical (unpaired) electrons. The van der Waals surface area contributed by atoms with Crippen LogP contribution in [0.15, 0.2) is 12.1 Å². The molecule has 1 fully saturated rings. The first-order valence-corrected chi connectivity index (χ1v) is 6.90. The number of benzene rings is 1. The molecule has 1 atom stereocenters. The Balaban J connectivity index is 2.24. The standard InChI is InChI=1S/C14H19ClN2O2/c1-9-12(17-6-2-3-7-17)5-4-10(13(9)15)8-11(16)14(18)19/h4-5,11H,2-3,6-8,16H2,1H3,(H,18,19). The van der Waals surface area contributed by atoms with E-state index in [0.717, 1.165) is 29.9 Å². The van der Waals surface area contributed by atoms with Gasteiger partial charge in [-0.15, -0.1) is 0 Å². The minimum absolute atomic E-state index is 0.259. The maximum atomic E-state index is 10.8. The summed E-state index contributed by atoms with van der Waals surface area (Å²) in [6.45, 7) is 4.10. The minimum Gasteiger partial charge on any atom is -0.480 e. The van der Waals surface area contributed by atoms with Crippen molar-refractivity contribution in [2.75, 3.05) is 18.0 Å². The first kappa shape index (κ1) is 14.2. The predicted molar refractivity (Wildman–Crippen MR) is 77.0 cm³/mol. The van der Waals surface area contributed by atoms with Crippen molar-refractivity contribution in [2.45, 2.75) is 32.2 Å². The average Bonchev–Trinajstić information content (AvgIpc) is 2.88. The quantitative estimate of drug-likeness (QED) is 0.888. The Morgan fingerprint density at radius 1 is 1.47 bits per heavy atom. The second-order valence-corrected chi connectivity index (χ2v) is 5.40. The zero-order chi connectivity index (χ0) is 14.0. The molecular formula is C14H19ClN2O2. The lowest BCUT2D eigenvalue weighted by atomic mass is 10.0. The lowest BCUT2D eigenvalue weighted by Crippen LogP contribution is -2.32. The summed E-state index contributed by atoms with van der Waals surface area (Å²) in [6, 6.07) is 3.01. The number of anilines is 1. The second-order valence-electron chi connectivity index (χ2n) is 5.03. The first-order valence-electron chi connectivity index (χ1n) is 6.52. The Bertz CT molecular complexity index is 485. The van der Waals surface area contributed by atoms with Crippen LogP contribution in [0.2, 0.25) is 5.02 Å². The SMILES string of the molecule is Cc1c(N2CCCC2)ccc(CC(N)C(=O)O)c1Cl. The molecule has 1 aliphatic heterocycles. The van der Waals surface area contributed by atoms with Crippen molar-refractivity contribution in [1.82, 2.24) is 0 Å². The van der Waals surface area contributed by atoms with E-state index < -0.39 is 12.0 Å². The highest BCUT2D eigenvalue weighted by molar-refractivity contribution is 6.32. The molecule has 19 heavy (non-hydrogen) atoms. The van der Waals surface area contributed by atoms with E-state index in [1.165, 1.54) is 12.8 Å². The molecule has 3 N–H and O–H groups in total. The van der Waals surface area contributed by atoms with Gasteiger partial charge in [-0.05, 0) is 43.4 Å². The highest BCUT2D eigenvalue weighted by Crippen LogP contribution is 2.32. The lowest BCUT2D eigenvalue weighted by molar-refractivity contribution is -0.138. The third kappa shape index (κ3) is 3.01. The van der Waals surface area contributed by atoms with E-state index in [1.807, 2.05) is 19.1 Å². The summed E-state index contributed by atoms with van der Waals surface area (Å²) in [5.74, 6) is -1.00. The highest BCUT2D eigenvalue weighted by atomic mass is 35.5. The molecule has 0 saturated carbocycles. The molecule has 1 aromatic rings. The number of carboxylic acids is 1. The molecular weight excluding hydrogens is 264 g/mol. The van der Waals surface area contributed by atoms with Crippen molar-refractivity contribution >= 4 is 23.3 Å². The smallest absolute Gasteiger partial charge is 0.320 e. The van der Waals surface area contributed by atoms with Crippen LogP contribution in [0.5, 0.6) is 0 Å². The molecule has 0 bridgehead atoms. The van der Waals surface area contributed by atoms with Gasteiger partial charge in [-0.25, -0.2) is 0 Å². The number of halogens is 1. The third-order valence-electron chi connectivity index (χ3n) is 3.64. The van der Waals surface area contributed by atoms with Crippen LogP contribution in [0.25, 0.3) is 0 Å². The van der Waals surface area contributed by atoms with E-state index in [2.05, 4.69) is 4.90 Å². The molecule has 1 unspecified atom stereocenters. The van der Waals surface area contributed by atoms with Gasteiger partial charge in [0.2, 0.25) is 0 Å². The van der Waals surface area contributed by atoms with Crippen LogP contribution < -0.4 is 10.6 Å². The Labute approximate surface area is 118 Å². The van der Waals surface area contributed by atoms with Crippen molar-refractivity contribution in [3.8, 4) is 0 Å². The maximum absolute atomic E-state index is 10.8. The van der Waals surface area contributed by atoms with Gasteiger partial charge >= 0.3 is 5.97 Å². The molecule has 0 spiro atoms. The van der Waals surface area contributed by atoms with Crippen LogP contribution in [-0.2, 0) is 11.2 Å². The zero-order valence-corrected chi connectivity index (χ0v) is 11.8. The Morgan fingerprint density at radius 3 is 2.68 bits per heavy atom. The number of nitrogens with zero attached hydrogens (tertiary/aromatic N) is 1. The Kier molecular flexibility index (Phi) is 4.32. The van der Waals surface area contributed by atoms with Crippen molar-refractivity contribution in [2.24, 2.45) is 5.73 Å². The second kappa shape index (κ2) is 5.80. The fourth-order valence-corrected chi connectivity index (χ4v) is 2.75. The molecule has 4 nitrogen and oxygen atoms in total. The van der Waals surface area contributed by atoms with E-state index in [-0.39, 0.29) is 6.42 Å². The molecule has 2 rings (SSSR count). The van der Waals surface area contributed by atoms with Crippen LogP contribution in [0.1, 0.15) is 24.0 Å². The first-order chi connectivity index (χ1) is 9.00. The van der Waals surface area contributed by atoms with Gasteiger partial charge in [-0.3, -0.25) is 4.79 Å². The molecule has 1 saturated heterocycles. The summed E-state index contributed by atoms with van der Waals surface area (Å²) in [4.78, 5) is 13.1. The monoisotopic (exact) mass is 282 g/mol. The molecule has 104 valence electrons. The number of carboxylic acid groups (broad SMARTS) is 1. The van der Waals surface area contributed by atoms with Crippen LogP contribution in [-0.4, -0.2) is 30.2 Å². The summed E-state index contributed by atoms with van der Waals surface area (Å²) in [6.07, 6.45) is 2.68. The number of aliphatic carboxylic acids is 1. The highest BCUT2D eigenvalue weighted by Gasteiger charge is 2.19. The number of nitrogens with two attached hydrogens (primary N) is 1. The number of hydrogen-bond acceptors (Lipinski definition) is 3. The molecule has 0 amide bonds. The van der Waals surface area contributed by atoms with Gasteiger partial charge < -0.3 is 15.7 Å². The molecule has 0 aromatic heterocycles. The summed E-state index contributed by atoms with van der Waals surface area (Å²) in [5.41, 5.74) is 8.52. The van der Waals surface area contributed by atoms with Gasteiger partial charge in [0.15, 0.2) is 0 Å². The van der Waals surface area contributed by atoms with Crippen LogP contribution in [0, 0.1) is 6.92 Å². The summed E-state index contributed by atoms with van der Waals surface area (Å²) in [7, 11) is 0. The average molecular weight is 283 g/mol. The van der Waals surface area contributed by atoms with Crippen molar-refractivity contribution in [3.63, 3.8) is 0 Å². The van der Waals surface area contributed by atoms with Gasteiger partial charge in [0.1, 0.15) is 6.04 Å². The maximum Gasteiger partial charge on any atom is 0.320 e. The fourth-order valence-electron chi connectivity index (χ4n) is 2.51. The molecule has 5 heteroatoms. The third-order valence-corrected chi connectivity index (χ3v) is 4.17. The molecule has 1 aliphatic rings. The van der Waals surface area contributed by atoms with E-state index in [0.29, 0.717) is 5.02 Å². The Morgan fingerprint density at radius 2 is 2.11 bits per heavy atom. The van der Waals surface area contributed by atoms with E-state index in [4.69, 9.17) is 22.4 Å². The van der Waals surface area contributed by atoms with Gasteiger partial charge in [0, 0.05) is 23.8 Å². The normalized spacial score (nSPS) is 16.7. The van der Waals surface area contributed by atoms with Crippen molar-refractivity contribution in [3.05, 3.63) is 28.3 Å². The molecule has 1 aromatic carbocycles. The summed E-state index contributed by atoms with van der Waals surface area (Å²) in [5, 5.41) is 9.49. The largest absolute Gasteiger partial charge is 0.480 e. The van der Waals surface area contributed by atoms with E-state index in [9.17, 15) is 4.79 Å². The van der Waals surface area contributed by atoms with Crippen LogP contribution in [0.4, 0.5) is 5.69 Å². The fraction of sp³-hybridized carbons (Fsp3) is 0.500. The van der Waals surface area contributed by atoms with Crippen LogP contribution >= 0.6 is 11.6 Å². The minimum atomic E-state index is -1.00. The van der Waals surface area contributed by atoms with Gasteiger partial charge in [-0.2, -0.15) is 0 Å². The summed E-state index contributed by atoms with van der Waals surface area (Å²) >= 11 is 6.35. The Hall–Kier alpha value is -1.26. The number of rotatable bonds is 4. The van der Waals surface area contributed by atoms with E-state index in [1.54, 1.807) is 0 Å². The predicted octanol–water partition coefficient (Wildman–Crippen LogP) is 2.20. The number of carbonyl (C=O) groups is 1. The molecule has 0 aliphatic carbocycles. The van der Waals surface area contributed by atoms with Gasteiger partial charge in [-0.1, -0.05) is 17.7 Å². The molecule has 1 heterocycles. The zero-order valence-electron chi connectivity index (χ0n) is 11.0.